The second-order valence-electron chi connectivity index (χ2n) is 6.21. The van der Waals surface area contributed by atoms with E-state index in [4.69, 9.17) is 0 Å². The molecule has 2 aromatic carbocycles. The van der Waals surface area contributed by atoms with Crippen molar-refractivity contribution in [2.75, 3.05) is 5.32 Å². The Morgan fingerprint density at radius 2 is 1.74 bits per heavy atom. The lowest BCUT2D eigenvalue weighted by atomic mass is 10.1. The first kappa shape index (κ1) is 15.3. The molecule has 118 valence electrons. The maximum Gasteiger partial charge on any atom is 0.194 e. The average Bonchev–Trinajstić information content (AvgIpc) is 2.52. The Morgan fingerprint density at radius 1 is 0.957 bits per heavy atom. The van der Waals surface area contributed by atoms with Gasteiger partial charge in [-0.25, -0.2) is 0 Å². The van der Waals surface area contributed by atoms with Crippen molar-refractivity contribution in [1.82, 2.24) is 4.98 Å². The van der Waals surface area contributed by atoms with Gasteiger partial charge in [-0.2, -0.15) is 0 Å². The van der Waals surface area contributed by atoms with Crippen LogP contribution in [0.5, 0.6) is 0 Å². The van der Waals surface area contributed by atoms with Crippen LogP contribution in [0, 0.1) is 27.7 Å². The second-order valence-corrected chi connectivity index (χ2v) is 6.21. The normalized spacial score (nSPS) is 11.0. The lowest BCUT2D eigenvalue weighted by Gasteiger charge is -2.12. The van der Waals surface area contributed by atoms with Gasteiger partial charge >= 0.3 is 0 Å². The first-order valence-corrected chi connectivity index (χ1v) is 7.89. The quantitative estimate of drug-likeness (QED) is 0.754. The van der Waals surface area contributed by atoms with Gasteiger partial charge < -0.3 is 10.3 Å². The Labute approximate surface area is 136 Å². The van der Waals surface area contributed by atoms with Crippen LogP contribution in [0.2, 0.25) is 0 Å². The van der Waals surface area contributed by atoms with Crippen LogP contribution in [0.15, 0.2) is 41.2 Å². The van der Waals surface area contributed by atoms with Gasteiger partial charge in [0.25, 0.3) is 0 Å². The zero-order chi connectivity index (χ0) is 16.6. The van der Waals surface area contributed by atoms with Crippen LogP contribution < -0.4 is 10.7 Å². The maximum atomic E-state index is 12.8. The van der Waals surface area contributed by atoms with Gasteiger partial charge in [0.2, 0.25) is 0 Å². The highest BCUT2D eigenvalue weighted by molar-refractivity contribution is 5.82. The van der Waals surface area contributed by atoms with Crippen molar-refractivity contribution in [2.24, 2.45) is 0 Å². The molecule has 0 atom stereocenters. The van der Waals surface area contributed by atoms with Gasteiger partial charge in [-0.3, -0.25) is 4.79 Å². The van der Waals surface area contributed by atoms with E-state index in [0.717, 1.165) is 33.4 Å². The zero-order valence-electron chi connectivity index (χ0n) is 14.1. The van der Waals surface area contributed by atoms with Crippen LogP contribution in [0.1, 0.15) is 27.9 Å². The van der Waals surface area contributed by atoms with E-state index >= 15 is 0 Å². The topological polar surface area (TPSA) is 44.9 Å². The number of rotatable bonds is 3. The number of fused-ring (bicyclic) bond motifs is 1. The van der Waals surface area contributed by atoms with E-state index in [1.54, 1.807) is 0 Å². The molecule has 0 aliphatic heterocycles. The molecule has 3 aromatic rings. The zero-order valence-corrected chi connectivity index (χ0v) is 14.1. The molecule has 1 heterocycles. The van der Waals surface area contributed by atoms with Crippen LogP contribution >= 0.6 is 0 Å². The number of aromatic amines is 1. The number of para-hydroxylation sites is 1. The van der Waals surface area contributed by atoms with Gasteiger partial charge in [0.15, 0.2) is 5.43 Å². The summed E-state index contributed by atoms with van der Waals surface area (Å²) >= 11 is 0. The smallest absolute Gasteiger partial charge is 0.194 e. The molecule has 0 aliphatic carbocycles. The van der Waals surface area contributed by atoms with E-state index in [1.807, 2.05) is 32.0 Å². The van der Waals surface area contributed by atoms with E-state index in [9.17, 15) is 4.79 Å². The highest BCUT2D eigenvalue weighted by atomic mass is 16.1. The summed E-state index contributed by atoms with van der Waals surface area (Å²) in [6.45, 7) is 8.69. The number of anilines is 1. The molecule has 0 saturated carbocycles. The molecule has 0 spiro atoms. The number of benzene rings is 2. The summed E-state index contributed by atoms with van der Waals surface area (Å²) in [5.74, 6) is 0. The summed E-state index contributed by atoms with van der Waals surface area (Å²) in [5, 5.41) is 4.13. The van der Waals surface area contributed by atoms with Gasteiger partial charge in [0.1, 0.15) is 0 Å². The molecular weight excluding hydrogens is 284 g/mol. The molecule has 0 radical (unpaired) electrons. The Balaban J connectivity index is 1.97. The van der Waals surface area contributed by atoms with Crippen LogP contribution in [-0.4, -0.2) is 4.98 Å². The lowest BCUT2D eigenvalue weighted by molar-refractivity contribution is 1.06. The van der Waals surface area contributed by atoms with Crippen molar-refractivity contribution in [1.29, 1.82) is 0 Å². The minimum absolute atomic E-state index is 0.108. The Kier molecular flexibility index (Phi) is 3.95. The van der Waals surface area contributed by atoms with Crippen LogP contribution in [0.3, 0.4) is 0 Å². The molecule has 0 amide bonds. The van der Waals surface area contributed by atoms with Gasteiger partial charge in [-0.1, -0.05) is 18.2 Å². The molecule has 3 rings (SSSR count). The summed E-state index contributed by atoms with van der Waals surface area (Å²) in [6.07, 6.45) is 0. The number of nitrogens with one attached hydrogen (secondary N) is 2. The number of hydrogen-bond donors (Lipinski definition) is 2. The van der Waals surface area contributed by atoms with E-state index < -0.39 is 0 Å². The molecule has 0 fully saturated rings. The highest BCUT2D eigenvalue weighted by Crippen LogP contribution is 2.18. The Hall–Kier alpha value is -2.55. The fourth-order valence-electron chi connectivity index (χ4n) is 2.87. The van der Waals surface area contributed by atoms with Gasteiger partial charge in [0, 0.05) is 28.9 Å². The Bertz CT molecular complexity index is 938. The monoisotopic (exact) mass is 306 g/mol. The Morgan fingerprint density at radius 3 is 2.48 bits per heavy atom. The third kappa shape index (κ3) is 2.87. The predicted molar refractivity (Wildman–Crippen MR) is 97.3 cm³/mol. The molecule has 0 unspecified atom stereocenters. The van der Waals surface area contributed by atoms with Crippen LogP contribution in [-0.2, 0) is 6.54 Å². The number of hydrogen-bond acceptors (Lipinski definition) is 2. The SMILES string of the molecule is Cc1ccc(NCc2c(C)[nH]c3c(C)cccc3c2=O)cc1C. The van der Waals surface area contributed by atoms with E-state index in [2.05, 4.69) is 42.3 Å². The molecule has 1 aromatic heterocycles. The lowest BCUT2D eigenvalue weighted by Crippen LogP contribution is -2.17. The minimum Gasteiger partial charge on any atom is -0.381 e. The largest absolute Gasteiger partial charge is 0.381 e. The number of aryl methyl sites for hydroxylation is 4. The summed E-state index contributed by atoms with van der Waals surface area (Å²) in [5.41, 5.74) is 7.41. The molecule has 23 heavy (non-hydrogen) atoms. The predicted octanol–water partition coefficient (Wildman–Crippen LogP) is 4.37. The van der Waals surface area contributed by atoms with E-state index in [1.165, 1.54) is 11.1 Å². The molecule has 3 heteroatoms. The summed E-state index contributed by atoms with van der Waals surface area (Å²) in [4.78, 5) is 16.2. The van der Waals surface area contributed by atoms with Gasteiger partial charge in [-0.05, 0) is 62.6 Å². The molecule has 0 aliphatic rings. The fraction of sp³-hybridized carbons (Fsp3) is 0.250. The first-order valence-electron chi connectivity index (χ1n) is 7.89. The van der Waals surface area contributed by atoms with Crippen molar-refractivity contribution in [3.8, 4) is 0 Å². The molecule has 0 bridgehead atoms. The van der Waals surface area contributed by atoms with E-state index in [0.29, 0.717) is 6.54 Å². The van der Waals surface area contributed by atoms with Crippen molar-refractivity contribution >= 4 is 16.6 Å². The van der Waals surface area contributed by atoms with Crippen molar-refractivity contribution in [3.63, 3.8) is 0 Å². The number of pyridine rings is 1. The summed E-state index contributed by atoms with van der Waals surface area (Å²) in [6, 6.07) is 12.1. The maximum absolute atomic E-state index is 12.8. The molecule has 3 nitrogen and oxygen atoms in total. The van der Waals surface area contributed by atoms with Crippen molar-refractivity contribution < 1.29 is 0 Å². The van der Waals surface area contributed by atoms with Crippen molar-refractivity contribution in [2.45, 2.75) is 34.2 Å². The fourth-order valence-corrected chi connectivity index (χ4v) is 2.87. The summed E-state index contributed by atoms with van der Waals surface area (Å²) in [7, 11) is 0. The number of H-pyrrole nitrogens is 1. The molecule has 2 N–H and O–H groups in total. The third-order valence-corrected chi connectivity index (χ3v) is 4.53. The highest BCUT2D eigenvalue weighted by Gasteiger charge is 2.10. The van der Waals surface area contributed by atoms with Crippen LogP contribution in [0.4, 0.5) is 5.69 Å². The minimum atomic E-state index is 0.108. The van der Waals surface area contributed by atoms with Crippen molar-refractivity contribution in [3.05, 3.63) is 74.6 Å². The second kappa shape index (κ2) is 5.92. The van der Waals surface area contributed by atoms with Gasteiger partial charge in [-0.15, -0.1) is 0 Å². The molecule has 0 saturated heterocycles. The molecular formula is C20H22N2O. The van der Waals surface area contributed by atoms with E-state index in [-0.39, 0.29) is 5.43 Å². The summed E-state index contributed by atoms with van der Waals surface area (Å²) < 4.78 is 0. The number of aromatic nitrogens is 1. The standard InChI is InChI=1S/C20H22N2O/c1-12-8-9-16(10-14(12)3)21-11-18-15(4)22-19-13(2)6-5-7-17(19)20(18)23/h5-10,21H,11H2,1-4H3,(H,22,23). The first-order chi connectivity index (χ1) is 11.0. The average molecular weight is 306 g/mol. The van der Waals surface area contributed by atoms with Gasteiger partial charge in [0.05, 0.1) is 5.52 Å². The van der Waals surface area contributed by atoms with Crippen LogP contribution in [0.25, 0.3) is 10.9 Å². The third-order valence-electron chi connectivity index (χ3n) is 4.53.